The third-order valence-corrected chi connectivity index (χ3v) is 3.49. The predicted octanol–water partition coefficient (Wildman–Crippen LogP) is 3.41. The Hall–Kier alpha value is -2.62. The van der Waals surface area contributed by atoms with Crippen molar-refractivity contribution in [1.29, 1.82) is 0 Å². The van der Waals surface area contributed by atoms with E-state index in [2.05, 4.69) is 4.98 Å². The zero-order valence-electron chi connectivity index (χ0n) is 12.6. The minimum Gasteiger partial charge on any atom is -0.469 e. The number of rotatable bonds is 6. The van der Waals surface area contributed by atoms with E-state index in [1.807, 2.05) is 48.6 Å². The fourth-order valence-electron chi connectivity index (χ4n) is 2.33. The van der Waals surface area contributed by atoms with Gasteiger partial charge in [0.25, 0.3) is 0 Å². The molecule has 0 radical (unpaired) electrons. The Bertz CT molecular complexity index is 639. The quantitative estimate of drug-likeness (QED) is 0.655. The first-order valence-corrected chi connectivity index (χ1v) is 7.18. The average Bonchev–Trinajstić information content (AvgIpc) is 2.55. The molecule has 2 N–H and O–H groups in total. The maximum atomic E-state index is 11.6. The summed E-state index contributed by atoms with van der Waals surface area (Å²) in [5.74, 6) is -0.232. The van der Waals surface area contributed by atoms with Crippen LogP contribution in [0.15, 0.2) is 54.9 Å². The van der Waals surface area contributed by atoms with Gasteiger partial charge in [-0.25, -0.2) is 0 Å². The van der Waals surface area contributed by atoms with Crippen molar-refractivity contribution in [3.05, 3.63) is 66.0 Å². The first kappa shape index (κ1) is 15.8. The van der Waals surface area contributed by atoms with Crippen LogP contribution in [0.2, 0.25) is 0 Å². The zero-order chi connectivity index (χ0) is 15.8. The lowest BCUT2D eigenvalue weighted by atomic mass is 9.91. The van der Waals surface area contributed by atoms with Crippen molar-refractivity contribution >= 4 is 17.7 Å². The van der Waals surface area contributed by atoms with Crippen LogP contribution in [-0.4, -0.2) is 18.1 Å². The van der Waals surface area contributed by atoms with E-state index in [4.69, 9.17) is 10.5 Å². The SMILES string of the molecule is COC(=O)CC(CC=Cc1cccnc1)c1ccccc1N. The summed E-state index contributed by atoms with van der Waals surface area (Å²) in [5.41, 5.74) is 8.74. The molecule has 0 aliphatic carbocycles. The second kappa shape index (κ2) is 7.98. The Labute approximate surface area is 130 Å². The van der Waals surface area contributed by atoms with Gasteiger partial charge in [0.05, 0.1) is 13.5 Å². The van der Waals surface area contributed by atoms with Gasteiger partial charge in [-0.15, -0.1) is 0 Å². The number of methoxy groups -OCH3 is 1. The molecule has 1 aromatic heterocycles. The van der Waals surface area contributed by atoms with Gasteiger partial charge in [0.1, 0.15) is 0 Å². The van der Waals surface area contributed by atoms with E-state index in [9.17, 15) is 4.79 Å². The molecule has 114 valence electrons. The number of nitrogens with zero attached hydrogens (tertiary/aromatic N) is 1. The van der Waals surface area contributed by atoms with Gasteiger partial charge in [0.2, 0.25) is 0 Å². The van der Waals surface area contributed by atoms with Crippen LogP contribution in [0.4, 0.5) is 5.69 Å². The van der Waals surface area contributed by atoms with Gasteiger partial charge >= 0.3 is 5.97 Å². The number of ether oxygens (including phenoxy) is 1. The molecule has 0 aliphatic rings. The predicted molar refractivity (Wildman–Crippen MR) is 88.1 cm³/mol. The van der Waals surface area contributed by atoms with Gasteiger partial charge in [0.15, 0.2) is 0 Å². The van der Waals surface area contributed by atoms with Gasteiger partial charge in [-0.1, -0.05) is 36.4 Å². The number of para-hydroxylation sites is 1. The number of hydrogen-bond donors (Lipinski definition) is 1. The highest BCUT2D eigenvalue weighted by molar-refractivity contribution is 5.71. The molecule has 0 amide bonds. The Morgan fingerprint density at radius 1 is 1.32 bits per heavy atom. The fraction of sp³-hybridized carbons (Fsp3) is 0.222. The standard InChI is InChI=1S/C18H20N2O2/c1-22-18(21)12-15(16-9-2-3-10-17(16)19)8-4-6-14-7-5-11-20-13-14/h2-7,9-11,13,15H,8,12,19H2,1H3. The van der Waals surface area contributed by atoms with Gasteiger partial charge < -0.3 is 10.5 Å². The first-order chi connectivity index (χ1) is 10.7. The van der Waals surface area contributed by atoms with Crippen LogP contribution >= 0.6 is 0 Å². The van der Waals surface area contributed by atoms with Gasteiger partial charge in [-0.3, -0.25) is 9.78 Å². The molecule has 0 spiro atoms. The Kier molecular flexibility index (Phi) is 5.72. The molecule has 0 aliphatic heterocycles. The fourth-order valence-corrected chi connectivity index (χ4v) is 2.33. The lowest BCUT2D eigenvalue weighted by Gasteiger charge is -2.16. The average molecular weight is 296 g/mol. The number of nitrogens with two attached hydrogens (primary N) is 1. The normalized spacial score (nSPS) is 12.2. The lowest BCUT2D eigenvalue weighted by Crippen LogP contribution is -2.10. The van der Waals surface area contributed by atoms with Crippen molar-refractivity contribution in [1.82, 2.24) is 4.98 Å². The van der Waals surface area contributed by atoms with E-state index in [1.165, 1.54) is 7.11 Å². The second-order valence-electron chi connectivity index (χ2n) is 5.03. The maximum Gasteiger partial charge on any atom is 0.306 e. The van der Waals surface area contributed by atoms with Crippen molar-refractivity contribution < 1.29 is 9.53 Å². The van der Waals surface area contributed by atoms with Crippen molar-refractivity contribution in [3.63, 3.8) is 0 Å². The zero-order valence-corrected chi connectivity index (χ0v) is 12.6. The van der Waals surface area contributed by atoms with Gasteiger partial charge in [-0.2, -0.15) is 0 Å². The molecule has 0 saturated heterocycles. The molecule has 2 aromatic rings. The third kappa shape index (κ3) is 4.45. The number of pyridine rings is 1. The highest BCUT2D eigenvalue weighted by Crippen LogP contribution is 2.29. The minimum absolute atomic E-state index is 0.00146. The monoisotopic (exact) mass is 296 g/mol. The molecule has 0 saturated carbocycles. The van der Waals surface area contributed by atoms with Crippen molar-refractivity contribution in [2.45, 2.75) is 18.8 Å². The van der Waals surface area contributed by atoms with E-state index >= 15 is 0 Å². The van der Waals surface area contributed by atoms with E-state index in [0.717, 1.165) is 11.1 Å². The largest absolute Gasteiger partial charge is 0.469 e. The first-order valence-electron chi connectivity index (χ1n) is 7.18. The summed E-state index contributed by atoms with van der Waals surface area (Å²) in [5, 5.41) is 0. The number of benzene rings is 1. The number of aromatic nitrogens is 1. The van der Waals surface area contributed by atoms with Crippen LogP contribution in [0.3, 0.4) is 0 Å². The Morgan fingerprint density at radius 2 is 2.14 bits per heavy atom. The summed E-state index contributed by atoms with van der Waals surface area (Å²) in [6, 6.07) is 11.5. The summed E-state index contributed by atoms with van der Waals surface area (Å²) < 4.78 is 4.79. The third-order valence-electron chi connectivity index (χ3n) is 3.49. The Balaban J connectivity index is 2.13. The minimum atomic E-state index is -0.233. The van der Waals surface area contributed by atoms with Gasteiger partial charge in [0, 0.05) is 18.1 Å². The van der Waals surface area contributed by atoms with E-state index in [0.29, 0.717) is 18.5 Å². The molecule has 1 unspecified atom stereocenters. The maximum absolute atomic E-state index is 11.6. The number of esters is 1. The van der Waals surface area contributed by atoms with Crippen LogP contribution in [0, 0.1) is 0 Å². The van der Waals surface area contributed by atoms with E-state index < -0.39 is 0 Å². The van der Waals surface area contributed by atoms with Crippen molar-refractivity contribution in [3.8, 4) is 0 Å². The molecule has 0 bridgehead atoms. The Morgan fingerprint density at radius 3 is 2.82 bits per heavy atom. The smallest absolute Gasteiger partial charge is 0.306 e. The molecular weight excluding hydrogens is 276 g/mol. The van der Waals surface area contributed by atoms with Crippen LogP contribution in [0.1, 0.15) is 29.9 Å². The summed E-state index contributed by atoms with van der Waals surface area (Å²) >= 11 is 0. The molecule has 4 nitrogen and oxygen atoms in total. The van der Waals surface area contributed by atoms with Crippen LogP contribution < -0.4 is 5.73 Å². The van der Waals surface area contributed by atoms with E-state index in [1.54, 1.807) is 12.4 Å². The second-order valence-corrected chi connectivity index (χ2v) is 5.03. The number of carbonyl (C=O) groups is 1. The molecule has 0 fully saturated rings. The van der Waals surface area contributed by atoms with Crippen LogP contribution in [-0.2, 0) is 9.53 Å². The molecule has 2 rings (SSSR count). The molecular formula is C18H20N2O2. The van der Waals surface area contributed by atoms with Crippen LogP contribution in [0.5, 0.6) is 0 Å². The van der Waals surface area contributed by atoms with Crippen LogP contribution in [0.25, 0.3) is 6.08 Å². The van der Waals surface area contributed by atoms with Crippen molar-refractivity contribution in [2.24, 2.45) is 0 Å². The summed E-state index contributed by atoms with van der Waals surface area (Å²) in [6.45, 7) is 0. The molecule has 1 atom stereocenters. The van der Waals surface area contributed by atoms with E-state index in [-0.39, 0.29) is 11.9 Å². The number of hydrogen-bond acceptors (Lipinski definition) is 4. The highest BCUT2D eigenvalue weighted by Gasteiger charge is 2.17. The molecule has 22 heavy (non-hydrogen) atoms. The number of carbonyl (C=O) groups excluding carboxylic acids is 1. The molecule has 1 heterocycles. The molecule has 4 heteroatoms. The molecule has 1 aromatic carbocycles. The number of allylic oxidation sites excluding steroid dienone is 1. The summed E-state index contributed by atoms with van der Waals surface area (Å²) in [4.78, 5) is 15.7. The van der Waals surface area contributed by atoms with Gasteiger partial charge in [-0.05, 0) is 35.6 Å². The highest BCUT2D eigenvalue weighted by atomic mass is 16.5. The lowest BCUT2D eigenvalue weighted by molar-refractivity contribution is -0.141. The summed E-state index contributed by atoms with van der Waals surface area (Å²) in [7, 11) is 1.40. The number of nitrogen functional groups attached to an aromatic ring is 1. The topological polar surface area (TPSA) is 65.2 Å². The number of anilines is 1. The van der Waals surface area contributed by atoms with Crippen molar-refractivity contribution in [2.75, 3.05) is 12.8 Å². The summed E-state index contributed by atoms with van der Waals surface area (Å²) in [6.07, 6.45) is 8.58.